The third kappa shape index (κ3) is 1.80. The number of hydrogen-bond acceptors (Lipinski definition) is 0. The van der Waals surface area contributed by atoms with E-state index in [4.69, 9.17) is 6.42 Å². The number of rotatable bonds is 1. The Bertz CT molecular complexity index is 878. The third-order valence-electron chi connectivity index (χ3n) is 4.19. The van der Waals surface area contributed by atoms with E-state index in [0.29, 0.717) is 6.04 Å². The molecule has 1 aliphatic carbocycles. The molecule has 1 unspecified atom stereocenters. The molecular formula is C20H15N. The second-order valence-corrected chi connectivity index (χ2v) is 5.37. The summed E-state index contributed by atoms with van der Waals surface area (Å²) < 4.78 is 2.42. The van der Waals surface area contributed by atoms with Gasteiger partial charge < -0.3 is 4.57 Å². The fourth-order valence-electron chi connectivity index (χ4n) is 3.22. The first kappa shape index (κ1) is 12.1. The summed E-state index contributed by atoms with van der Waals surface area (Å²) in [5.41, 5.74) is 3.55. The Morgan fingerprint density at radius 2 is 1.57 bits per heavy atom. The molecule has 21 heavy (non-hydrogen) atoms. The Labute approximate surface area is 124 Å². The molecule has 0 aliphatic heterocycles. The van der Waals surface area contributed by atoms with Crippen LogP contribution < -0.4 is 0 Å². The molecule has 1 heterocycles. The Kier molecular flexibility index (Phi) is 2.69. The standard InChI is InChI=1S/C20H15N/c1-2-15-11-13-16(14-12-15)21-19-9-5-3-7-17(19)18-8-4-6-10-20(18)21/h1,3-13,16H,14H2. The number of benzene rings is 2. The van der Waals surface area contributed by atoms with Crippen molar-refractivity contribution in [1.82, 2.24) is 4.57 Å². The van der Waals surface area contributed by atoms with Gasteiger partial charge in [-0.2, -0.15) is 0 Å². The first-order valence-corrected chi connectivity index (χ1v) is 7.21. The van der Waals surface area contributed by atoms with Crippen LogP contribution in [0.15, 0.2) is 72.3 Å². The van der Waals surface area contributed by atoms with Crippen molar-refractivity contribution in [3.05, 3.63) is 72.3 Å². The number of fused-ring (bicyclic) bond motifs is 3. The Balaban J connectivity index is 1.98. The van der Waals surface area contributed by atoms with Gasteiger partial charge in [-0.15, -0.1) is 6.42 Å². The largest absolute Gasteiger partial charge is 0.333 e. The van der Waals surface area contributed by atoms with Gasteiger partial charge in [-0.1, -0.05) is 54.5 Å². The molecule has 0 amide bonds. The molecule has 1 aliphatic rings. The summed E-state index contributed by atoms with van der Waals surface area (Å²) >= 11 is 0. The van der Waals surface area contributed by atoms with Crippen LogP contribution in [0.3, 0.4) is 0 Å². The summed E-state index contributed by atoms with van der Waals surface area (Å²) in [4.78, 5) is 0. The number of terminal acetylenes is 1. The van der Waals surface area contributed by atoms with E-state index in [1.807, 2.05) is 0 Å². The van der Waals surface area contributed by atoms with Crippen molar-refractivity contribution in [3.63, 3.8) is 0 Å². The Morgan fingerprint density at radius 3 is 2.10 bits per heavy atom. The van der Waals surface area contributed by atoms with E-state index in [9.17, 15) is 0 Å². The fourth-order valence-corrected chi connectivity index (χ4v) is 3.22. The molecule has 0 spiro atoms. The van der Waals surface area contributed by atoms with E-state index in [0.717, 1.165) is 12.0 Å². The van der Waals surface area contributed by atoms with Gasteiger partial charge in [0.15, 0.2) is 0 Å². The first-order valence-electron chi connectivity index (χ1n) is 7.21. The van der Waals surface area contributed by atoms with Gasteiger partial charge in [0.05, 0.1) is 6.04 Å². The summed E-state index contributed by atoms with van der Waals surface area (Å²) in [7, 11) is 0. The van der Waals surface area contributed by atoms with Crippen LogP contribution in [0.5, 0.6) is 0 Å². The number of nitrogens with zero attached hydrogens (tertiary/aromatic N) is 1. The van der Waals surface area contributed by atoms with E-state index < -0.39 is 0 Å². The first-order chi connectivity index (χ1) is 10.4. The molecule has 0 N–H and O–H groups in total. The molecule has 0 bridgehead atoms. The summed E-state index contributed by atoms with van der Waals surface area (Å²) in [6, 6.07) is 17.5. The van der Waals surface area contributed by atoms with Crippen LogP contribution in [0, 0.1) is 12.3 Å². The molecule has 0 saturated heterocycles. The zero-order valence-corrected chi connectivity index (χ0v) is 11.7. The molecule has 4 rings (SSSR count). The van der Waals surface area contributed by atoms with E-state index in [-0.39, 0.29) is 0 Å². The smallest absolute Gasteiger partial charge is 0.0561 e. The van der Waals surface area contributed by atoms with Crippen LogP contribution in [0.4, 0.5) is 0 Å². The molecule has 0 saturated carbocycles. The van der Waals surface area contributed by atoms with Crippen LogP contribution in [-0.4, -0.2) is 4.57 Å². The topological polar surface area (TPSA) is 4.93 Å². The van der Waals surface area contributed by atoms with Crippen molar-refractivity contribution in [2.45, 2.75) is 12.5 Å². The van der Waals surface area contributed by atoms with Gasteiger partial charge in [-0.25, -0.2) is 0 Å². The molecular weight excluding hydrogens is 254 g/mol. The number of para-hydroxylation sites is 2. The van der Waals surface area contributed by atoms with Gasteiger partial charge >= 0.3 is 0 Å². The van der Waals surface area contributed by atoms with E-state index in [2.05, 4.69) is 77.2 Å². The van der Waals surface area contributed by atoms with Crippen molar-refractivity contribution in [2.75, 3.05) is 0 Å². The molecule has 1 nitrogen and oxygen atoms in total. The van der Waals surface area contributed by atoms with E-state index in [1.165, 1.54) is 21.8 Å². The minimum absolute atomic E-state index is 0.326. The number of hydrogen-bond donors (Lipinski definition) is 0. The lowest BCUT2D eigenvalue weighted by Crippen LogP contribution is -2.07. The number of aromatic nitrogens is 1. The minimum Gasteiger partial charge on any atom is -0.333 e. The van der Waals surface area contributed by atoms with Crippen molar-refractivity contribution in [3.8, 4) is 12.3 Å². The second-order valence-electron chi connectivity index (χ2n) is 5.37. The van der Waals surface area contributed by atoms with Crippen molar-refractivity contribution in [1.29, 1.82) is 0 Å². The second kappa shape index (κ2) is 4.68. The SMILES string of the molecule is C#CC1=CCC(n2c3ccccc3c3ccccc32)C=C1. The van der Waals surface area contributed by atoms with E-state index >= 15 is 0 Å². The molecule has 1 aromatic heterocycles. The monoisotopic (exact) mass is 269 g/mol. The molecule has 100 valence electrons. The summed E-state index contributed by atoms with van der Waals surface area (Å²) in [6.07, 6.45) is 12.8. The minimum atomic E-state index is 0.326. The molecule has 0 radical (unpaired) electrons. The predicted octanol–water partition coefficient (Wildman–Crippen LogP) is 4.86. The highest BCUT2D eigenvalue weighted by Gasteiger charge is 2.16. The van der Waals surface area contributed by atoms with Gasteiger partial charge in [0.25, 0.3) is 0 Å². The van der Waals surface area contributed by atoms with Crippen molar-refractivity contribution >= 4 is 21.8 Å². The van der Waals surface area contributed by atoms with Crippen LogP contribution in [-0.2, 0) is 0 Å². The maximum Gasteiger partial charge on any atom is 0.0561 e. The normalized spacial score (nSPS) is 17.9. The summed E-state index contributed by atoms with van der Waals surface area (Å²) in [6.45, 7) is 0. The zero-order valence-electron chi connectivity index (χ0n) is 11.7. The Hall–Kier alpha value is -2.72. The van der Waals surface area contributed by atoms with Gasteiger partial charge in [0, 0.05) is 27.4 Å². The van der Waals surface area contributed by atoms with Crippen molar-refractivity contribution < 1.29 is 0 Å². The van der Waals surface area contributed by atoms with Crippen LogP contribution >= 0.6 is 0 Å². The summed E-state index contributed by atoms with van der Waals surface area (Å²) in [5, 5.41) is 2.63. The maximum atomic E-state index is 5.47. The molecule has 3 aromatic rings. The number of allylic oxidation sites excluding steroid dienone is 4. The highest BCUT2D eigenvalue weighted by molar-refractivity contribution is 6.08. The van der Waals surface area contributed by atoms with Crippen LogP contribution in [0.25, 0.3) is 21.8 Å². The molecule has 1 heteroatoms. The molecule has 1 atom stereocenters. The lowest BCUT2D eigenvalue weighted by Gasteiger charge is -2.19. The van der Waals surface area contributed by atoms with Gasteiger partial charge in [0.1, 0.15) is 0 Å². The van der Waals surface area contributed by atoms with Crippen molar-refractivity contribution in [2.24, 2.45) is 0 Å². The lowest BCUT2D eigenvalue weighted by molar-refractivity contribution is 0.646. The Morgan fingerprint density at radius 1 is 0.952 bits per heavy atom. The van der Waals surface area contributed by atoms with E-state index in [1.54, 1.807) is 0 Å². The van der Waals surface area contributed by atoms with Gasteiger partial charge in [0.2, 0.25) is 0 Å². The lowest BCUT2D eigenvalue weighted by atomic mass is 10.0. The molecule has 0 fully saturated rings. The van der Waals surface area contributed by atoms with Crippen LogP contribution in [0.2, 0.25) is 0 Å². The summed E-state index contributed by atoms with van der Waals surface area (Å²) in [5.74, 6) is 2.71. The maximum absolute atomic E-state index is 5.47. The third-order valence-corrected chi connectivity index (χ3v) is 4.19. The highest BCUT2D eigenvalue weighted by atomic mass is 15.0. The highest BCUT2D eigenvalue weighted by Crippen LogP contribution is 2.34. The average Bonchev–Trinajstić information content (AvgIpc) is 2.90. The average molecular weight is 269 g/mol. The van der Waals surface area contributed by atoms with Crippen LogP contribution in [0.1, 0.15) is 12.5 Å². The predicted molar refractivity (Wildman–Crippen MR) is 89.2 cm³/mol. The quantitative estimate of drug-likeness (QED) is 0.556. The van der Waals surface area contributed by atoms with Gasteiger partial charge in [-0.3, -0.25) is 0 Å². The fraction of sp³-hybridized carbons (Fsp3) is 0.100. The zero-order chi connectivity index (χ0) is 14.2. The molecule has 2 aromatic carbocycles. The van der Waals surface area contributed by atoms with Gasteiger partial charge in [-0.05, 0) is 24.6 Å².